The first-order valence-corrected chi connectivity index (χ1v) is 8.32. The molecule has 0 radical (unpaired) electrons. The number of ether oxygens (including phenoxy) is 2. The maximum Gasteiger partial charge on any atom is 0.334 e. The highest BCUT2D eigenvalue weighted by atomic mass is 32.1. The largest absolute Gasteiger partial charge is 0.486 e. The molecular formula is C16H16N2O5S. The Morgan fingerprint density at radius 1 is 1.42 bits per heavy atom. The second-order valence-corrected chi connectivity index (χ2v) is 5.93. The molecule has 3 rings (SSSR count). The summed E-state index contributed by atoms with van der Waals surface area (Å²) in [4.78, 5) is 29.4. The van der Waals surface area contributed by atoms with Crippen molar-refractivity contribution in [1.82, 2.24) is 9.88 Å². The van der Waals surface area contributed by atoms with Gasteiger partial charge in [0.05, 0.1) is 29.9 Å². The van der Waals surface area contributed by atoms with Gasteiger partial charge in [-0.05, 0) is 12.1 Å². The monoisotopic (exact) mass is 348 g/mol. The molecule has 1 N–H and O–H groups in total. The molecule has 24 heavy (non-hydrogen) atoms. The van der Waals surface area contributed by atoms with Crippen LogP contribution in [0.4, 0.5) is 0 Å². The Morgan fingerprint density at radius 3 is 3.00 bits per heavy atom. The summed E-state index contributed by atoms with van der Waals surface area (Å²) in [7, 11) is 0. The molecule has 1 saturated heterocycles. The molecule has 1 aromatic carbocycles. The number of carboxylic acids is 1. The first-order chi connectivity index (χ1) is 11.6. The highest BCUT2D eigenvalue weighted by molar-refractivity contribution is 7.07. The normalized spacial score (nSPS) is 17.5. The van der Waals surface area contributed by atoms with Gasteiger partial charge in [-0.3, -0.25) is 4.79 Å². The van der Waals surface area contributed by atoms with Crippen LogP contribution in [0, 0.1) is 0 Å². The van der Waals surface area contributed by atoms with Crippen molar-refractivity contribution in [3.8, 4) is 5.75 Å². The molecule has 1 aliphatic rings. The van der Waals surface area contributed by atoms with Crippen molar-refractivity contribution >= 4 is 23.2 Å². The minimum atomic E-state index is -1.07. The Balaban J connectivity index is 1.73. The van der Waals surface area contributed by atoms with Crippen LogP contribution in [-0.2, 0) is 16.1 Å². The number of hydrogen-bond acceptors (Lipinski definition) is 6. The minimum Gasteiger partial charge on any atom is -0.486 e. The molecule has 0 unspecified atom stereocenters. The number of carboxylic acid groups (broad SMARTS) is 1. The lowest BCUT2D eigenvalue weighted by atomic mass is 10.1. The molecule has 0 aliphatic carbocycles. The fourth-order valence-corrected chi connectivity index (χ4v) is 2.93. The summed E-state index contributed by atoms with van der Waals surface area (Å²) in [6, 6.07) is 6.92. The van der Waals surface area contributed by atoms with Gasteiger partial charge in [-0.1, -0.05) is 12.1 Å². The van der Waals surface area contributed by atoms with E-state index in [1.807, 2.05) is 5.38 Å². The van der Waals surface area contributed by atoms with Crippen molar-refractivity contribution in [2.24, 2.45) is 0 Å². The van der Waals surface area contributed by atoms with Crippen LogP contribution in [-0.4, -0.2) is 52.7 Å². The first kappa shape index (κ1) is 16.4. The van der Waals surface area contributed by atoms with Gasteiger partial charge in [0.25, 0.3) is 5.91 Å². The molecule has 1 aliphatic heterocycles. The first-order valence-electron chi connectivity index (χ1n) is 7.37. The van der Waals surface area contributed by atoms with Gasteiger partial charge in [-0.15, -0.1) is 11.3 Å². The van der Waals surface area contributed by atoms with Gasteiger partial charge in [0.2, 0.25) is 0 Å². The molecule has 0 spiro atoms. The van der Waals surface area contributed by atoms with Crippen LogP contribution < -0.4 is 4.74 Å². The summed E-state index contributed by atoms with van der Waals surface area (Å²) in [6.07, 6.45) is -0.995. The average Bonchev–Trinajstić information content (AvgIpc) is 3.13. The number of aliphatic carboxylic acids is 1. The highest BCUT2D eigenvalue weighted by Crippen LogP contribution is 2.22. The summed E-state index contributed by atoms with van der Waals surface area (Å²) in [6.45, 7) is 0.844. The van der Waals surface area contributed by atoms with Crippen molar-refractivity contribution in [2.45, 2.75) is 12.7 Å². The molecule has 2 heterocycles. The number of thiazole rings is 1. The molecule has 126 valence electrons. The maximum atomic E-state index is 12.7. The number of morpholine rings is 1. The summed E-state index contributed by atoms with van der Waals surface area (Å²) in [5, 5.41) is 10.9. The van der Waals surface area contributed by atoms with Gasteiger partial charge in [-0.2, -0.15) is 0 Å². The standard InChI is InChI=1S/C16H16N2O5S/c19-15(18-5-6-22-14(7-18)16(20)21)12-3-1-2-4-13(12)23-8-11-9-24-10-17-11/h1-4,9-10,14H,5-8H2,(H,20,21)/t14-/m1/s1. The van der Waals surface area contributed by atoms with Crippen molar-refractivity contribution in [2.75, 3.05) is 19.7 Å². The lowest BCUT2D eigenvalue weighted by Crippen LogP contribution is -2.48. The Morgan fingerprint density at radius 2 is 2.25 bits per heavy atom. The van der Waals surface area contributed by atoms with Gasteiger partial charge in [0, 0.05) is 11.9 Å². The molecule has 2 aromatic rings. The molecule has 0 saturated carbocycles. The van der Waals surface area contributed by atoms with E-state index in [9.17, 15) is 9.59 Å². The van der Waals surface area contributed by atoms with E-state index < -0.39 is 12.1 Å². The third-order valence-corrected chi connectivity index (χ3v) is 4.24. The third-order valence-electron chi connectivity index (χ3n) is 3.61. The van der Waals surface area contributed by atoms with Gasteiger partial charge in [0.15, 0.2) is 6.10 Å². The number of amides is 1. The quantitative estimate of drug-likeness (QED) is 0.884. The molecule has 1 aromatic heterocycles. The van der Waals surface area contributed by atoms with Crippen molar-refractivity contribution in [1.29, 1.82) is 0 Å². The number of para-hydroxylation sites is 1. The Labute approximate surface area is 142 Å². The predicted octanol–water partition coefficient (Wildman–Crippen LogP) is 1.65. The van der Waals surface area contributed by atoms with E-state index in [0.29, 0.717) is 17.9 Å². The summed E-state index contributed by atoms with van der Waals surface area (Å²) in [5.41, 5.74) is 2.91. The van der Waals surface area contributed by atoms with Crippen molar-refractivity contribution in [3.63, 3.8) is 0 Å². The summed E-state index contributed by atoms with van der Waals surface area (Å²) >= 11 is 1.48. The highest BCUT2D eigenvalue weighted by Gasteiger charge is 2.30. The molecule has 0 bridgehead atoms. The number of rotatable bonds is 5. The lowest BCUT2D eigenvalue weighted by molar-refractivity contribution is -0.154. The summed E-state index contributed by atoms with van der Waals surface area (Å²) < 4.78 is 10.9. The predicted molar refractivity (Wildman–Crippen MR) is 86.2 cm³/mol. The topological polar surface area (TPSA) is 89.0 Å². The molecule has 1 atom stereocenters. The maximum absolute atomic E-state index is 12.7. The SMILES string of the molecule is O=C(O)[C@H]1CN(C(=O)c2ccccc2OCc2cscn2)CCO1. The third kappa shape index (κ3) is 3.72. The van der Waals surface area contributed by atoms with E-state index in [-0.39, 0.29) is 25.7 Å². The van der Waals surface area contributed by atoms with Crippen LogP contribution in [0.3, 0.4) is 0 Å². The van der Waals surface area contributed by atoms with Gasteiger partial charge in [0.1, 0.15) is 12.4 Å². The molecule has 8 heteroatoms. The Bertz CT molecular complexity index is 719. The van der Waals surface area contributed by atoms with Crippen LogP contribution >= 0.6 is 11.3 Å². The van der Waals surface area contributed by atoms with E-state index in [4.69, 9.17) is 14.6 Å². The molecule has 7 nitrogen and oxygen atoms in total. The number of carbonyl (C=O) groups excluding carboxylic acids is 1. The van der Waals surface area contributed by atoms with Crippen LogP contribution in [0.5, 0.6) is 5.75 Å². The molecular weight excluding hydrogens is 332 g/mol. The number of aromatic nitrogens is 1. The van der Waals surface area contributed by atoms with Gasteiger partial charge >= 0.3 is 5.97 Å². The lowest BCUT2D eigenvalue weighted by Gasteiger charge is -2.31. The average molecular weight is 348 g/mol. The van der Waals surface area contributed by atoms with E-state index in [0.717, 1.165) is 5.69 Å². The fraction of sp³-hybridized carbons (Fsp3) is 0.312. The van der Waals surface area contributed by atoms with E-state index in [1.54, 1.807) is 29.8 Å². The fourth-order valence-electron chi connectivity index (χ4n) is 2.38. The number of hydrogen-bond donors (Lipinski definition) is 1. The number of benzene rings is 1. The van der Waals surface area contributed by atoms with Crippen molar-refractivity contribution < 1.29 is 24.2 Å². The zero-order chi connectivity index (χ0) is 16.9. The van der Waals surface area contributed by atoms with Crippen LogP contribution in [0.1, 0.15) is 16.1 Å². The number of nitrogens with zero attached hydrogens (tertiary/aromatic N) is 2. The smallest absolute Gasteiger partial charge is 0.334 e. The van der Waals surface area contributed by atoms with Gasteiger partial charge in [-0.25, -0.2) is 9.78 Å². The second kappa shape index (κ2) is 7.41. The molecule has 1 amide bonds. The van der Waals surface area contributed by atoms with Crippen molar-refractivity contribution in [3.05, 3.63) is 46.4 Å². The van der Waals surface area contributed by atoms with E-state index >= 15 is 0 Å². The zero-order valence-corrected chi connectivity index (χ0v) is 13.6. The van der Waals surface area contributed by atoms with E-state index in [1.165, 1.54) is 16.2 Å². The Hall–Kier alpha value is -2.45. The van der Waals surface area contributed by atoms with Crippen LogP contribution in [0.2, 0.25) is 0 Å². The van der Waals surface area contributed by atoms with Gasteiger partial charge < -0.3 is 19.5 Å². The van der Waals surface area contributed by atoms with Crippen LogP contribution in [0.15, 0.2) is 35.2 Å². The van der Waals surface area contributed by atoms with E-state index in [2.05, 4.69) is 4.98 Å². The minimum absolute atomic E-state index is 0.0224. The molecule has 1 fully saturated rings. The Kier molecular flexibility index (Phi) is 5.07. The van der Waals surface area contributed by atoms with Crippen LogP contribution in [0.25, 0.3) is 0 Å². The number of carbonyl (C=O) groups is 2. The second-order valence-electron chi connectivity index (χ2n) is 5.21. The zero-order valence-electron chi connectivity index (χ0n) is 12.8. The summed E-state index contributed by atoms with van der Waals surface area (Å²) in [5.74, 6) is -0.882.